The molecule has 0 fully saturated rings. The lowest BCUT2D eigenvalue weighted by Crippen LogP contribution is -2.32. The third-order valence-electron chi connectivity index (χ3n) is 3.49. The van der Waals surface area contributed by atoms with Crippen LogP contribution in [0.25, 0.3) is 0 Å². The molecule has 112 valence electrons. The van der Waals surface area contributed by atoms with Crippen LogP contribution in [0.15, 0.2) is 47.2 Å². The van der Waals surface area contributed by atoms with Gasteiger partial charge in [0.1, 0.15) is 0 Å². The first-order valence-electron chi connectivity index (χ1n) is 7.25. The molecule has 2 rings (SSSR count). The third kappa shape index (κ3) is 4.41. The smallest absolute Gasteiger partial charge is 0.227 e. The van der Waals surface area contributed by atoms with Crippen LogP contribution in [0, 0.1) is 0 Å². The molecule has 21 heavy (non-hydrogen) atoms. The summed E-state index contributed by atoms with van der Waals surface area (Å²) in [5.74, 6) is -0.164. The molecular formula is C17H21NO2S. The number of nitrogens with one attached hydrogen (secondary N) is 1. The van der Waals surface area contributed by atoms with Crippen LogP contribution in [0.4, 0.5) is 0 Å². The number of carbonyl (C=O) groups is 1. The molecule has 0 radical (unpaired) electrons. The zero-order valence-electron chi connectivity index (χ0n) is 12.2. The maximum atomic E-state index is 12.4. The first kappa shape index (κ1) is 15.7. The average Bonchev–Trinajstić information content (AvgIpc) is 3.05. The predicted octanol–water partition coefficient (Wildman–Crippen LogP) is 3.48. The van der Waals surface area contributed by atoms with E-state index in [2.05, 4.69) is 12.2 Å². The van der Waals surface area contributed by atoms with E-state index in [1.165, 1.54) is 0 Å². The van der Waals surface area contributed by atoms with Crippen molar-refractivity contribution in [2.24, 2.45) is 0 Å². The Morgan fingerprint density at radius 1 is 1.24 bits per heavy atom. The van der Waals surface area contributed by atoms with Crippen molar-refractivity contribution in [2.75, 3.05) is 6.54 Å². The van der Waals surface area contributed by atoms with Crippen molar-refractivity contribution in [3.05, 3.63) is 58.3 Å². The van der Waals surface area contributed by atoms with E-state index >= 15 is 0 Å². The number of rotatable bonds is 7. The molecule has 1 heterocycles. The summed E-state index contributed by atoms with van der Waals surface area (Å²) in [6, 6.07) is 11.7. The van der Waals surface area contributed by atoms with Crippen LogP contribution in [-0.4, -0.2) is 17.6 Å². The normalized spacial score (nSPS) is 13.6. The van der Waals surface area contributed by atoms with Crippen molar-refractivity contribution in [3.8, 4) is 0 Å². The zero-order chi connectivity index (χ0) is 15.1. The number of hydrogen-bond donors (Lipinski definition) is 2. The SMILES string of the molecule is CCCC(C(=O)NCC(O)c1ccsc1)c1ccccc1. The van der Waals surface area contributed by atoms with Gasteiger partial charge in [-0.3, -0.25) is 4.79 Å². The van der Waals surface area contributed by atoms with Crippen LogP contribution >= 0.6 is 11.3 Å². The van der Waals surface area contributed by atoms with Gasteiger partial charge in [0.25, 0.3) is 0 Å². The summed E-state index contributed by atoms with van der Waals surface area (Å²) in [7, 11) is 0. The van der Waals surface area contributed by atoms with Crippen LogP contribution < -0.4 is 5.32 Å². The molecule has 0 aliphatic rings. The maximum Gasteiger partial charge on any atom is 0.227 e. The molecule has 0 aliphatic heterocycles. The van der Waals surface area contributed by atoms with Crippen molar-refractivity contribution in [1.29, 1.82) is 0 Å². The van der Waals surface area contributed by atoms with Crippen LogP contribution in [0.3, 0.4) is 0 Å². The van der Waals surface area contributed by atoms with E-state index in [0.717, 1.165) is 24.0 Å². The molecule has 2 N–H and O–H groups in total. The van der Waals surface area contributed by atoms with Gasteiger partial charge in [0.15, 0.2) is 0 Å². The number of amides is 1. The highest BCUT2D eigenvalue weighted by molar-refractivity contribution is 7.07. The minimum Gasteiger partial charge on any atom is -0.387 e. The van der Waals surface area contributed by atoms with Gasteiger partial charge in [-0.15, -0.1) is 0 Å². The Hall–Kier alpha value is -1.65. The standard InChI is InChI=1S/C17H21NO2S/c1-2-6-15(13-7-4-3-5-8-13)17(20)18-11-16(19)14-9-10-21-12-14/h3-5,7-10,12,15-16,19H,2,6,11H2,1H3,(H,18,20). The average molecular weight is 303 g/mol. The largest absolute Gasteiger partial charge is 0.387 e. The molecular weight excluding hydrogens is 282 g/mol. The molecule has 0 spiro atoms. The Bertz CT molecular complexity index is 539. The van der Waals surface area contributed by atoms with E-state index < -0.39 is 6.10 Å². The van der Waals surface area contributed by atoms with E-state index in [4.69, 9.17) is 0 Å². The van der Waals surface area contributed by atoms with Crippen molar-refractivity contribution in [2.45, 2.75) is 31.8 Å². The summed E-state index contributed by atoms with van der Waals surface area (Å²) in [5, 5.41) is 16.7. The monoisotopic (exact) mass is 303 g/mol. The number of thiophene rings is 1. The van der Waals surface area contributed by atoms with E-state index in [-0.39, 0.29) is 18.4 Å². The molecule has 0 saturated heterocycles. The molecule has 2 unspecified atom stereocenters. The van der Waals surface area contributed by atoms with Crippen molar-refractivity contribution in [3.63, 3.8) is 0 Å². The highest BCUT2D eigenvalue weighted by Gasteiger charge is 2.20. The highest BCUT2D eigenvalue weighted by atomic mass is 32.1. The molecule has 1 amide bonds. The van der Waals surface area contributed by atoms with Gasteiger partial charge in [-0.25, -0.2) is 0 Å². The van der Waals surface area contributed by atoms with Gasteiger partial charge in [-0.2, -0.15) is 11.3 Å². The molecule has 3 nitrogen and oxygen atoms in total. The van der Waals surface area contributed by atoms with Crippen LogP contribution in [0.2, 0.25) is 0 Å². The van der Waals surface area contributed by atoms with E-state index in [1.807, 2.05) is 47.2 Å². The van der Waals surface area contributed by atoms with Gasteiger partial charge in [0, 0.05) is 6.54 Å². The number of hydrogen-bond acceptors (Lipinski definition) is 3. The number of aliphatic hydroxyl groups excluding tert-OH is 1. The van der Waals surface area contributed by atoms with Crippen LogP contribution in [0.1, 0.15) is 42.9 Å². The summed E-state index contributed by atoms with van der Waals surface area (Å²) in [5.41, 5.74) is 1.88. The van der Waals surface area contributed by atoms with Crippen LogP contribution in [-0.2, 0) is 4.79 Å². The third-order valence-corrected chi connectivity index (χ3v) is 4.19. The first-order valence-corrected chi connectivity index (χ1v) is 8.19. The minimum atomic E-state index is -0.641. The van der Waals surface area contributed by atoms with Gasteiger partial charge < -0.3 is 10.4 Å². The van der Waals surface area contributed by atoms with Gasteiger partial charge in [-0.1, -0.05) is 43.7 Å². The van der Waals surface area contributed by atoms with Crippen LogP contribution in [0.5, 0.6) is 0 Å². The molecule has 4 heteroatoms. The molecule has 1 aromatic heterocycles. The second kappa shape index (κ2) is 7.96. The quantitative estimate of drug-likeness (QED) is 0.822. The lowest BCUT2D eigenvalue weighted by molar-refractivity contribution is -0.123. The Labute approximate surface area is 129 Å². The van der Waals surface area contributed by atoms with Crippen molar-refractivity contribution < 1.29 is 9.90 Å². The highest BCUT2D eigenvalue weighted by Crippen LogP contribution is 2.22. The lowest BCUT2D eigenvalue weighted by Gasteiger charge is -2.18. The summed E-state index contributed by atoms with van der Waals surface area (Å²) in [6.45, 7) is 2.33. The van der Waals surface area contributed by atoms with Gasteiger partial charge in [0.2, 0.25) is 5.91 Å². The second-order valence-corrected chi connectivity index (χ2v) is 5.85. The number of carbonyl (C=O) groups excluding carboxylic acids is 1. The zero-order valence-corrected chi connectivity index (χ0v) is 13.0. The maximum absolute atomic E-state index is 12.4. The van der Waals surface area contributed by atoms with Gasteiger partial charge >= 0.3 is 0 Å². The van der Waals surface area contributed by atoms with Crippen molar-refractivity contribution >= 4 is 17.2 Å². The summed E-state index contributed by atoms with van der Waals surface area (Å²) >= 11 is 1.54. The summed E-state index contributed by atoms with van der Waals surface area (Å²) in [6.07, 6.45) is 1.11. The summed E-state index contributed by atoms with van der Waals surface area (Å²) in [4.78, 5) is 12.4. The Balaban J connectivity index is 1.96. The molecule has 1 aromatic carbocycles. The summed E-state index contributed by atoms with van der Waals surface area (Å²) < 4.78 is 0. The number of aliphatic hydroxyl groups is 1. The lowest BCUT2D eigenvalue weighted by atomic mass is 9.93. The van der Waals surface area contributed by atoms with E-state index in [1.54, 1.807) is 11.3 Å². The van der Waals surface area contributed by atoms with E-state index in [9.17, 15) is 9.90 Å². The molecule has 2 aromatic rings. The van der Waals surface area contributed by atoms with Gasteiger partial charge in [-0.05, 0) is 34.4 Å². The Morgan fingerprint density at radius 2 is 2.00 bits per heavy atom. The first-order chi connectivity index (χ1) is 10.2. The minimum absolute atomic E-state index is 0.0164. The molecule has 0 bridgehead atoms. The number of benzene rings is 1. The fourth-order valence-electron chi connectivity index (χ4n) is 2.33. The van der Waals surface area contributed by atoms with Crippen molar-refractivity contribution in [1.82, 2.24) is 5.32 Å². The topological polar surface area (TPSA) is 49.3 Å². The second-order valence-electron chi connectivity index (χ2n) is 5.07. The Morgan fingerprint density at radius 3 is 2.62 bits per heavy atom. The molecule has 0 saturated carbocycles. The predicted molar refractivity (Wildman–Crippen MR) is 86.4 cm³/mol. The van der Waals surface area contributed by atoms with E-state index in [0.29, 0.717) is 0 Å². The fraction of sp³-hybridized carbons (Fsp3) is 0.353. The van der Waals surface area contributed by atoms with Gasteiger partial charge in [0.05, 0.1) is 12.0 Å². The molecule has 0 aliphatic carbocycles. The fourth-order valence-corrected chi connectivity index (χ4v) is 3.03. The molecule has 2 atom stereocenters. The Kier molecular flexibility index (Phi) is 5.96.